The van der Waals surface area contributed by atoms with E-state index in [1.807, 2.05) is 18.2 Å². The first-order valence-electron chi connectivity index (χ1n) is 5.41. The molecule has 1 heteroatoms. The molecule has 0 fully saturated rings. The number of hydrogen-bond acceptors (Lipinski definition) is 1. The summed E-state index contributed by atoms with van der Waals surface area (Å²) in [5, 5.41) is 9.46. The maximum atomic E-state index is 9.46. The predicted molar refractivity (Wildman–Crippen MR) is 62.7 cm³/mol. The van der Waals surface area contributed by atoms with Crippen molar-refractivity contribution in [1.29, 1.82) is 0 Å². The van der Waals surface area contributed by atoms with Crippen LogP contribution in [0, 0.1) is 5.92 Å². The lowest BCUT2D eigenvalue weighted by Crippen LogP contribution is -2.14. The molecule has 0 saturated carbocycles. The van der Waals surface area contributed by atoms with Gasteiger partial charge in [-0.1, -0.05) is 54.6 Å². The minimum absolute atomic E-state index is 0.194. The maximum Gasteiger partial charge on any atom is 0.0508 e. The fourth-order valence-electron chi connectivity index (χ4n) is 2.03. The second kappa shape index (κ2) is 4.94. The Morgan fingerprint density at radius 2 is 1.80 bits per heavy atom. The molecule has 0 spiro atoms. The van der Waals surface area contributed by atoms with Crippen molar-refractivity contribution in [2.24, 2.45) is 5.92 Å². The monoisotopic (exact) mass is 200 g/mol. The van der Waals surface area contributed by atoms with E-state index in [4.69, 9.17) is 0 Å². The lowest BCUT2D eigenvalue weighted by Gasteiger charge is -2.22. The molecule has 0 radical (unpaired) electrons. The molecule has 1 aromatic rings. The van der Waals surface area contributed by atoms with Crippen molar-refractivity contribution in [3.8, 4) is 0 Å². The van der Waals surface area contributed by atoms with Crippen molar-refractivity contribution in [2.75, 3.05) is 6.61 Å². The van der Waals surface area contributed by atoms with Gasteiger partial charge in [0.05, 0.1) is 6.61 Å². The van der Waals surface area contributed by atoms with Crippen LogP contribution < -0.4 is 0 Å². The van der Waals surface area contributed by atoms with Crippen molar-refractivity contribution in [1.82, 2.24) is 0 Å². The quantitative estimate of drug-likeness (QED) is 0.744. The molecule has 1 aromatic carbocycles. The fourth-order valence-corrected chi connectivity index (χ4v) is 2.03. The van der Waals surface area contributed by atoms with E-state index in [1.165, 1.54) is 5.56 Å². The summed E-state index contributed by atoms with van der Waals surface area (Å²) in [4.78, 5) is 0. The lowest BCUT2D eigenvalue weighted by molar-refractivity contribution is 0.251. The average molecular weight is 200 g/mol. The van der Waals surface area contributed by atoms with Crippen molar-refractivity contribution in [3.05, 3.63) is 60.2 Å². The van der Waals surface area contributed by atoms with Gasteiger partial charge < -0.3 is 5.11 Å². The smallest absolute Gasteiger partial charge is 0.0508 e. The molecule has 0 heterocycles. The molecule has 1 aliphatic carbocycles. The van der Waals surface area contributed by atoms with Crippen LogP contribution in [0.5, 0.6) is 0 Å². The Morgan fingerprint density at radius 1 is 1.13 bits per heavy atom. The van der Waals surface area contributed by atoms with Gasteiger partial charge in [0, 0.05) is 11.8 Å². The summed E-state index contributed by atoms with van der Waals surface area (Å²) in [5.74, 6) is 0.533. The van der Waals surface area contributed by atoms with Crippen molar-refractivity contribution < 1.29 is 5.11 Å². The highest BCUT2D eigenvalue weighted by atomic mass is 16.3. The summed E-state index contributed by atoms with van der Waals surface area (Å²) in [5.41, 5.74) is 1.21. The van der Waals surface area contributed by atoms with Crippen molar-refractivity contribution in [3.63, 3.8) is 0 Å². The zero-order valence-electron chi connectivity index (χ0n) is 8.71. The molecule has 78 valence electrons. The molecule has 0 bridgehead atoms. The van der Waals surface area contributed by atoms with E-state index in [2.05, 4.69) is 36.4 Å². The fraction of sp³-hybridized carbons (Fsp3) is 0.286. The minimum Gasteiger partial charge on any atom is -0.396 e. The summed E-state index contributed by atoms with van der Waals surface area (Å²) < 4.78 is 0. The van der Waals surface area contributed by atoms with Crippen LogP contribution in [-0.2, 0) is 0 Å². The van der Waals surface area contributed by atoms with Gasteiger partial charge in [0.25, 0.3) is 0 Å². The Kier molecular flexibility index (Phi) is 3.36. The second-order valence-electron chi connectivity index (χ2n) is 3.87. The van der Waals surface area contributed by atoms with Crippen LogP contribution in [0.3, 0.4) is 0 Å². The molecule has 1 aliphatic rings. The van der Waals surface area contributed by atoms with Crippen molar-refractivity contribution in [2.45, 2.75) is 12.3 Å². The molecule has 2 rings (SSSR count). The number of hydrogen-bond donors (Lipinski definition) is 1. The van der Waals surface area contributed by atoms with Crippen LogP contribution in [0.15, 0.2) is 54.6 Å². The third-order valence-corrected chi connectivity index (χ3v) is 2.88. The summed E-state index contributed by atoms with van der Waals surface area (Å²) in [6.45, 7) is 0.198. The van der Waals surface area contributed by atoms with Gasteiger partial charge in [-0.2, -0.15) is 0 Å². The van der Waals surface area contributed by atoms with Crippen LogP contribution in [0.2, 0.25) is 0 Å². The highest BCUT2D eigenvalue weighted by Crippen LogP contribution is 2.28. The maximum absolute atomic E-state index is 9.46. The molecular weight excluding hydrogens is 184 g/mol. The third kappa shape index (κ3) is 2.37. The Labute approximate surface area is 90.8 Å². The van der Waals surface area contributed by atoms with Gasteiger partial charge in [0.15, 0.2) is 0 Å². The zero-order valence-corrected chi connectivity index (χ0v) is 8.71. The van der Waals surface area contributed by atoms with Crippen LogP contribution in [-0.4, -0.2) is 11.7 Å². The first-order chi connectivity index (χ1) is 7.42. The number of benzene rings is 1. The van der Waals surface area contributed by atoms with Crippen LogP contribution in [0.4, 0.5) is 0 Å². The van der Waals surface area contributed by atoms with Gasteiger partial charge in [-0.25, -0.2) is 0 Å². The molecule has 1 N–H and O–H groups in total. The third-order valence-electron chi connectivity index (χ3n) is 2.88. The molecule has 0 saturated heterocycles. The van der Waals surface area contributed by atoms with Gasteiger partial charge in [0.2, 0.25) is 0 Å². The predicted octanol–water partition coefficient (Wildman–Crippen LogP) is 2.89. The van der Waals surface area contributed by atoms with E-state index < -0.39 is 0 Å². The molecule has 15 heavy (non-hydrogen) atoms. The molecule has 1 unspecified atom stereocenters. The number of allylic oxidation sites excluding steroid dienone is 4. The Balaban J connectivity index is 2.20. The summed E-state index contributed by atoms with van der Waals surface area (Å²) in [7, 11) is 0. The van der Waals surface area contributed by atoms with Gasteiger partial charge in [-0.05, 0) is 12.0 Å². The topological polar surface area (TPSA) is 20.2 Å². The number of aliphatic hydroxyl groups excluding tert-OH is 1. The summed E-state index contributed by atoms with van der Waals surface area (Å²) in [6, 6.07) is 10.2. The van der Waals surface area contributed by atoms with Gasteiger partial charge in [-0.3, -0.25) is 0 Å². The minimum atomic E-state index is 0.194. The Morgan fingerprint density at radius 3 is 2.40 bits per heavy atom. The molecular formula is C14H16O. The molecule has 1 nitrogen and oxygen atoms in total. The SMILES string of the molecule is OCC(c1ccccc1)C1C=CCC=C1. The average Bonchev–Trinajstić information content (AvgIpc) is 2.33. The van der Waals surface area contributed by atoms with E-state index in [-0.39, 0.29) is 12.5 Å². The molecule has 0 aromatic heterocycles. The van der Waals surface area contributed by atoms with E-state index in [1.54, 1.807) is 0 Å². The van der Waals surface area contributed by atoms with Crippen LogP contribution in [0.25, 0.3) is 0 Å². The highest BCUT2D eigenvalue weighted by Gasteiger charge is 2.18. The van der Waals surface area contributed by atoms with Crippen LogP contribution in [0.1, 0.15) is 17.9 Å². The first kappa shape index (κ1) is 10.2. The van der Waals surface area contributed by atoms with E-state index in [9.17, 15) is 5.11 Å². The van der Waals surface area contributed by atoms with Crippen molar-refractivity contribution >= 4 is 0 Å². The summed E-state index contributed by atoms with van der Waals surface area (Å²) in [6.07, 6.45) is 9.72. The van der Waals surface area contributed by atoms with E-state index in [0.29, 0.717) is 5.92 Å². The van der Waals surface area contributed by atoms with Gasteiger partial charge in [-0.15, -0.1) is 0 Å². The van der Waals surface area contributed by atoms with Gasteiger partial charge in [0.1, 0.15) is 0 Å². The lowest BCUT2D eigenvalue weighted by atomic mass is 9.84. The molecule has 0 aliphatic heterocycles. The number of aliphatic hydroxyl groups is 1. The second-order valence-corrected chi connectivity index (χ2v) is 3.87. The standard InChI is InChI=1S/C14H16O/c15-11-14(12-7-3-1-4-8-12)13-9-5-2-6-10-13/h1,3-10,13-15H,2,11H2. The molecule has 0 amide bonds. The first-order valence-corrected chi connectivity index (χ1v) is 5.41. The normalized spacial score (nSPS) is 17.9. The van der Waals surface area contributed by atoms with E-state index >= 15 is 0 Å². The Bertz CT molecular complexity index is 339. The highest BCUT2D eigenvalue weighted by molar-refractivity contribution is 5.25. The largest absolute Gasteiger partial charge is 0.396 e. The Hall–Kier alpha value is -1.34. The van der Waals surface area contributed by atoms with E-state index in [0.717, 1.165) is 6.42 Å². The molecule has 1 atom stereocenters. The zero-order chi connectivity index (χ0) is 10.5. The van der Waals surface area contributed by atoms with Crippen LogP contribution >= 0.6 is 0 Å². The summed E-state index contributed by atoms with van der Waals surface area (Å²) >= 11 is 0. The van der Waals surface area contributed by atoms with Gasteiger partial charge >= 0.3 is 0 Å². The number of rotatable bonds is 3.